The quantitative estimate of drug-likeness (QED) is 0.622. The van der Waals surface area contributed by atoms with Crippen molar-refractivity contribution in [3.8, 4) is 0 Å². The normalized spacial score (nSPS) is 23.5. The van der Waals surface area contributed by atoms with Crippen LogP contribution < -0.4 is 10.9 Å². The van der Waals surface area contributed by atoms with Gasteiger partial charge in [-0.1, -0.05) is 18.7 Å². The lowest BCUT2D eigenvalue weighted by Gasteiger charge is -2.25. The highest BCUT2D eigenvalue weighted by Gasteiger charge is 2.56. The molecule has 10 nitrogen and oxygen atoms in total. The van der Waals surface area contributed by atoms with Gasteiger partial charge >= 0.3 is 0 Å². The van der Waals surface area contributed by atoms with E-state index in [0.29, 0.717) is 43.7 Å². The Morgan fingerprint density at radius 1 is 1.45 bits per heavy atom. The van der Waals surface area contributed by atoms with Crippen molar-refractivity contribution in [2.24, 2.45) is 11.3 Å². The topological polar surface area (TPSA) is 122 Å². The molecule has 0 bridgehead atoms. The van der Waals surface area contributed by atoms with Crippen molar-refractivity contribution in [1.29, 1.82) is 0 Å². The van der Waals surface area contributed by atoms with Crippen LogP contribution in [0.5, 0.6) is 0 Å². The Morgan fingerprint density at radius 3 is 3.07 bits per heavy atom. The number of fused-ring (bicyclic) bond motifs is 2. The minimum atomic E-state index is -0.649. The van der Waals surface area contributed by atoms with Crippen LogP contribution in [0.2, 0.25) is 0 Å². The smallest absolute Gasteiger partial charge is 0.274 e. The van der Waals surface area contributed by atoms with Crippen LogP contribution in [-0.4, -0.2) is 74.9 Å². The molecule has 2 aliphatic heterocycles. The Kier molecular flexibility index (Phi) is 5.34. The molecule has 29 heavy (non-hydrogen) atoms. The summed E-state index contributed by atoms with van der Waals surface area (Å²) in [5.74, 6) is 0.370. The zero-order valence-electron chi connectivity index (χ0n) is 16.4. The number of hydrogen-bond acceptors (Lipinski definition) is 7. The van der Waals surface area contributed by atoms with Crippen molar-refractivity contribution in [3.05, 3.63) is 22.1 Å². The summed E-state index contributed by atoms with van der Waals surface area (Å²) in [6, 6.07) is 1.42. The number of aromatic amines is 1. The van der Waals surface area contributed by atoms with Gasteiger partial charge in [0.2, 0.25) is 11.8 Å². The van der Waals surface area contributed by atoms with Crippen LogP contribution in [0.3, 0.4) is 0 Å². The molecule has 0 spiro atoms. The first kappa shape index (κ1) is 19.9. The highest BCUT2D eigenvalue weighted by Crippen LogP contribution is 2.41. The maximum absolute atomic E-state index is 12.8. The Bertz CT molecular complexity index is 1000. The second-order valence-electron chi connectivity index (χ2n) is 7.59. The van der Waals surface area contributed by atoms with Gasteiger partial charge in [-0.05, 0) is 13.3 Å². The molecule has 2 aromatic rings. The van der Waals surface area contributed by atoms with Gasteiger partial charge in [-0.2, -0.15) is 9.50 Å². The van der Waals surface area contributed by atoms with Gasteiger partial charge in [0.15, 0.2) is 5.16 Å². The van der Waals surface area contributed by atoms with Gasteiger partial charge in [-0.3, -0.25) is 19.5 Å². The predicted octanol–water partition coefficient (Wildman–Crippen LogP) is -0.181. The van der Waals surface area contributed by atoms with E-state index in [9.17, 15) is 14.4 Å². The largest absolute Gasteiger partial charge is 0.380 e. The van der Waals surface area contributed by atoms with Gasteiger partial charge < -0.3 is 15.0 Å². The fourth-order valence-electron chi connectivity index (χ4n) is 3.92. The van der Waals surface area contributed by atoms with Crippen LogP contribution in [0, 0.1) is 18.3 Å². The second-order valence-corrected chi connectivity index (χ2v) is 8.55. The third-order valence-corrected chi connectivity index (χ3v) is 6.33. The van der Waals surface area contributed by atoms with Crippen molar-refractivity contribution >= 4 is 29.4 Å². The van der Waals surface area contributed by atoms with Crippen LogP contribution in [0.15, 0.2) is 16.0 Å². The summed E-state index contributed by atoms with van der Waals surface area (Å²) in [6.07, 6.45) is 0.863. The van der Waals surface area contributed by atoms with E-state index in [4.69, 9.17) is 4.74 Å². The van der Waals surface area contributed by atoms with Crippen LogP contribution in [0.4, 0.5) is 0 Å². The fourth-order valence-corrected chi connectivity index (χ4v) is 4.67. The Hall–Kier alpha value is -2.40. The number of hydrogen-bond donors (Lipinski definition) is 2. The van der Waals surface area contributed by atoms with E-state index >= 15 is 0 Å². The molecular formula is C18H24N6O4S. The van der Waals surface area contributed by atoms with E-state index in [1.54, 1.807) is 11.8 Å². The molecule has 0 aromatic carbocycles. The molecule has 4 heterocycles. The number of aryl methyl sites for hydroxylation is 1. The first-order valence-corrected chi connectivity index (χ1v) is 10.6. The van der Waals surface area contributed by atoms with E-state index in [1.165, 1.54) is 22.3 Å². The Labute approximate surface area is 171 Å². The van der Waals surface area contributed by atoms with Gasteiger partial charge in [0.1, 0.15) is 0 Å². The average molecular weight is 420 g/mol. The summed E-state index contributed by atoms with van der Waals surface area (Å²) < 4.78 is 6.82. The molecule has 0 saturated carbocycles. The molecule has 2 N–H and O–H groups in total. The van der Waals surface area contributed by atoms with Crippen LogP contribution in [0.1, 0.15) is 19.0 Å². The number of nitrogens with one attached hydrogen (secondary N) is 2. The molecule has 0 radical (unpaired) electrons. The number of carbonyl (C=O) groups is 2. The fraction of sp³-hybridized carbons (Fsp3) is 0.611. The SMILES string of the molecule is CCCNC(=O)[C@@]12COC[C@@H]1CN(C(=O)CSc1nc3nc(C)cc(=O)n3[nH]1)C2. The third kappa shape index (κ3) is 3.64. The maximum atomic E-state index is 12.8. The number of thioether (sulfide) groups is 1. The molecule has 11 heteroatoms. The number of likely N-dealkylation sites (tertiary alicyclic amines) is 1. The molecule has 0 unspecified atom stereocenters. The van der Waals surface area contributed by atoms with Crippen molar-refractivity contribution in [3.63, 3.8) is 0 Å². The highest BCUT2D eigenvalue weighted by atomic mass is 32.2. The van der Waals surface area contributed by atoms with E-state index in [2.05, 4.69) is 20.4 Å². The van der Waals surface area contributed by atoms with E-state index in [1.807, 2.05) is 6.92 Å². The average Bonchev–Trinajstić information content (AvgIpc) is 3.36. The molecule has 2 amide bonds. The van der Waals surface area contributed by atoms with Crippen molar-refractivity contribution in [1.82, 2.24) is 29.8 Å². The van der Waals surface area contributed by atoms with Crippen LogP contribution in [-0.2, 0) is 14.3 Å². The number of H-pyrrole nitrogens is 1. The predicted molar refractivity (Wildman–Crippen MR) is 106 cm³/mol. The molecule has 0 aliphatic carbocycles. The summed E-state index contributed by atoms with van der Waals surface area (Å²) in [5, 5.41) is 6.28. The standard InChI is InChI=1S/C18H24N6O4S/c1-3-4-19-15(27)18-9-23(6-12(18)7-28-10-18)14(26)8-29-17-21-16-20-11(2)5-13(25)24(16)22-17/h5,12H,3-4,6-10H2,1-2H3,(H,19,27)(H,20,21,22)/t12-,18-/m0/s1. The maximum Gasteiger partial charge on any atom is 0.274 e. The monoisotopic (exact) mass is 420 g/mol. The number of carbonyl (C=O) groups excluding carboxylic acids is 2. The molecule has 2 fully saturated rings. The lowest BCUT2D eigenvalue weighted by atomic mass is 9.80. The first-order chi connectivity index (χ1) is 13.9. The molecule has 156 valence electrons. The van der Waals surface area contributed by atoms with Gasteiger partial charge in [0.05, 0.1) is 24.4 Å². The van der Waals surface area contributed by atoms with Crippen molar-refractivity contribution in [2.45, 2.75) is 25.4 Å². The molecule has 2 saturated heterocycles. The zero-order chi connectivity index (χ0) is 20.6. The molecule has 2 aromatic heterocycles. The van der Waals surface area contributed by atoms with Gasteiger partial charge in [0, 0.05) is 37.3 Å². The van der Waals surface area contributed by atoms with Crippen molar-refractivity contribution < 1.29 is 14.3 Å². The third-order valence-electron chi connectivity index (χ3n) is 5.48. The summed E-state index contributed by atoms with van der Waals surface area (Å²) in [7, 11) is 0. The van der Waals surface area contributed by atoms with Gasteiger partial charge in [-0.15, -0.1) is 0 Å². The van der Waals surface area contributed by atoms with Crippen LogP contribution in [0.25, 0.3) is 5.78 Å². The minimum absolute atomic E-state index is 0.0188. The Morgan fingerprint density at radius 2 is 2.28 bits per heavy atom. The highest BCUT2D eigenvalue weighted by molar-refractivity contribution is 7.99. The van der Waals surface area contributed by atoms with E-state index in [-0.39, 0.29) is 34.8 Å². The van der Waals surface area contributed by atoms with Gasteiger partial charge in [-0.25, -0.2) is 4.98 Å². The molecule has 2 atom stereocenters. The van der Waals surface area contributed by atoms with E-state index in [0.717, 1.165) is 6.42 Å². The molecule has 4 rings (SSSR count). The number of nitrogens with zero attached hydrogens (tertiary/aromatic N) is 4. The molecular weight excluding hydrogens is 396 g/mol. The molecule has 2 aliphatic rings. The summed E-state index contributed by atoms with van der Waals surface area (Å²) >= 11 is 1.22. The Balaban J connectivity index is 1.41. The van der Waals surface area contributed by atoms with E-state index < -0.39 is 5.41 Å². The van der Waals surface area contributed by atoms with Crippen LogP contribution >= 0.6 is 11.8 Å². The first-order valence-electron chi connectivity index (χ1n) is 9.66. The second kappa shape index (κ2) is 7.79. The number of amides is 2. The number of ether oxygens (including phenoxy) is 1. The lowest BCUT2D eigenvalue weighted by Crippen LogP contribution is -2.47. The summed E-state index contributed by atoms with van der Waals surface area (Å²) in [5.41, 5.74) is -0.305. The summed E-state index contributed by atoms with van der Waals surface area (Å²) in [6.45, 7) is 6.08. The minimum Gasteiger partial charge on any atom is -0.380 e. The zero-order valence-corrected chi connectivity index (χ0v) is 17.3. The number of aromatic nitrogens is 4. The van der Waals surface area contributed by atoms with Crippen molar-refractivity contribution in [2.75, 3.05) is 38.6 Å². The lowest BCUT2D eigenvalue weighted by molar-refractivity contribution is -0.133. The summed E-state index contributed by atoms with van der Waals surface area (Å²) in [4.78, 5) is 47.7. The van der Waals surface area contributed by atoms with Gasteiger partial charge in [0.25, 0.3) is 11.3 Å². The number of rotatable bonds is 6.